The molecule has 1 aromatic heterocycles. The number of urea groups is 1. The van der Waals surface area contributed by atoms with Gasteiger partial charge >= 0.3 is 12.2 Å². The van der Waals surface area contributed by atoms with Gasteiger partial charge in [-0.05, 0) is 25.5 Å². The molecule has 0 bridgehead atoms. The average Bonchev–Trinajstić information content (AvgIpc) is 2.46. The van der Waals surface area contributed by atoms with Crippen molar-refractivity contribution in [2.24, 2.45) is 0 Å². The normalized spacial score (nSPS) is 19.1. The second kappa shape index (κ2) is 7.80. The second-order valence-electron chi connectivity index (χ2n) is 5.75. The van der Waals surface area contributed by atoms with E-state index >= 15 is 0 Å². The Morgan fingerprint density at radius 1 is 1.50 bits per heavy atom. The van der Waals surface area contributed by atoms with E-state index in [4.69, 9.17) is 4.74 Å². The van der Waals surface area contributed by atoms with Gasteiger partial charge in [0.05, 0.1) is 24.6 Å². The zero-order chi connectivity index (χ0) is 17.7. The molecule has 134 valence electrons. The van der Waals surface area contributed by atoms with Gasteiger partial charge in [-0.1, -0.05) is 0 Å². The van der Waals surface area contributed by atoms with Gasteiger partial charge in [0.25, 0.3) is 0 Å². The maximum atomic E-state index is 12.6. The van der Waals surface area contributed by atoms with Crippen LogP contribution in [0.5, 0.6) is 0 Å². The van der Waals surface area contributed by atoms with Crippen molar-refractivity contribution in [1.29, 1.82) is 0 Å². The third-order valence-electron chi connectivity index (χ3n) is 3.64. The van der Waals surface area contributed by atoms with E-state index in [2.05, 4.69) is 20.5 Å². The number of morpholine rings is 1. The summed E-state index contributed by atoms with van der Waals surface area (Å²) in [6.45, 7) is 6.71. The minimum atomic E-state index is -4.50. The summed E-state index contributed by atoms with van der Waals surface area (Å²) in [5.41, 5.74) is -0.768. The van der Waals surface area contributed by atoms with E-state index in [0.29, 0.717) is 19.7 Å². The average molecular weight is 346 g/mol. The van der Waals surface area contributed by atoms with E-state index in [9.17, 15) is 18.0 Å². The summed E-state index contributed by atoms with van der Waals surface area (Å²) in [7, 11) is 0. The van der Waals surface area contributed by atoms with Crippen molar-refractivity contribution in [3.8, 4) is 0 Å². The molecule has 1 unspecified atom stereocenters. The number of rotatable bonds is 4. The molecule has 1 aliphatic rings. The lowest BCUT2D eigenvalue weighted by atomic mass is 10.2. The van der Waals surface area contributed by atoms with Gasteiger partial charge in [0, 0.05) is 26.2 Å². The number of ether oxygens (including phenoxy) is 1. The largest absolute Gasteiger partial charge is 0.433 e. The Morgan fingerprint density at radius 3 is 2.88 bits per heavy atom. The zero-order valence-corrected chi connectivity index (χ0v) is 13.6. The van der Waals surface area contributed by atoms with Crippen LogP contribution in [0.15, 0.2) is 12.3 Å². The number of amides is 2. The van der Waals surface area contributed by atoms with Crippen molar-refractivity contribution in [3.63, 3.8) is 0 Å². The third-order valence-corrected chi connectivity index (χ3v) is 3.64. The first-order valence-electron chi connectivity index (χ1n) is 7.68. The molecule has 1 atom stereocenters. The summed E-state index contributed by atoms with van der Waals surface area (Å²) >= 11 is 0. The van der Waals surface area contributed by atoms with Crippen LogP contribution in [0.1, 0.15) is 18.2 Å². The molecule has 0 aromatic carbocycles. The number of hydrogen-bond acceptors (Lipinski definition) is 4. The van der Waals surface area contributed by atoms with Gasteiger partial charge in [-0.15, -0.1) is 0 Å². The van der Waals surface area contributed by atoms with E-state index in [-0.39, 0.29) is 17.4 Å². The fourth-order valence-electron chi connectivity index (χ4n) is 2.54. The molecular weight excluding hydrogens is 325 g/mol. The van der Waals surface area contributed by atoms with Crippen molar-refractivity contribution in [1.82, 2.24) is 15.2 Å². The molecule has 24 heavy (non-hydrogen) atoms. The molecule has 1 aromatic rings. The van der Waals surface area contributed by atoms with Crippen molar-refractivity contribution >= 4 is 11.7 Å². The SMILES string of the molecule is Cc1cc(NC(=O)NCCN2CCOC(C)C2)cnc1C(F)(F)F. The van der Waals surface area contributed by atoms with Gasteiger partial charge in [0.15, 0.2) is 0 Å². The van der Waals surface area contributed by atoms with E-state index < -0.39 is 17.9 Å². The Bertz CT molecular complexity index is 580. The van der Waals surface area contributed by atoms with Crippen LogP contribution >= 0.6 is 0 Å². The number of anilines is 1. The van der Waals surface area contributed by atoms with Gasteiger partial charge < -0.3 is 15.4 Å². The molecule has 9 heteroatoms. The van der Waals surface area contributed by atoms with Crippen LogP contribution < -0.4 is 10.6 Å². The van der Waals surface area contributed by atoms with Crippen LogP contribution in [0, 0.1) is 6.92 Å². The van der Waals surface area contributed by atoms with Crippen molar-refractivity contribution in [2.45, 2.75) is 26.1 Å². The minimum Gasteiger partial charge on any atom is -0.376 e. The quantitative estimate of drug-likeness (QED) is 0.878. The number of carbonyl (C=O) groups excluding carboxylic acids is 1. The molecule has 2 amide bonds. The Morgan fingerprint density at radius 2 is 2.25 bits per heavy atom. The summed E-state index contributed by atoms with van der Waals surface area (Å²) in [5, 5.41) is 5.16. The van der Waals surface area contributed by atoms with Crippen LogP contribution in [0.2, 0.25) is 0 Å². The topological polar surface area (TPSA) is 66.5 Å². The molecule has 2 heterocycles. The van der Waals surface area contributed by atoms with E-state index in [1.54, 1.807) is 0 Å². The lowest BCUT2D eigenvalue weighted by molar-refractivity contribution is -0.141. The standard InChI is InChI=1S/C15H21F3N4O2/c1-10-7-12(8-20-13(10)15(16,17)18)21-14(23)19-3-4-22-5-6-24-11(2)9-22/h7-8,11H,3-6,9H2,1-2H3,(H2,19,21,23). The van der Waals surface area contributed by atoms with E-state index in [0.717, 1.165) is 19.3 Å². The van der Waals surface area contributed by atoms with Gasteiger partial charge in [-0.3, -0.25) is 4.90 Å². The van der Waals surface area contributed by atoms with Crippen molar-refractivity contribution in [3.05, 3.63) is 23.5 Å². The number of alkyl halides is 3. The van der Waals surface area contributed by atoms with Crippen LogP contribution in [-0.2, 0) is 10.9 Å². The number of halogens is 3. The van der Waals surface area contributed by atoms with Crippen LogP contribution in [0.4, 0.5) is 23.7 Å². The molecule has 1 aliphatic heterocycles. The molecule has 0 radical (unpaired) electrons. The maximum absolute atomic E-state index is 12.6. The highest BCUT2D eigenvalue weighted by Crippen LogP contribution is 2.30. The Hall–Kier alpha value is -1.87. The first kappa shape index (κ1) is 18.5. The zero-order valence-electron chi connectivity index (χ0n) is 13.6. The molecule has 6 nitrogen and oxygen atoms in total. The molecule has 0 aliphatic carbocycles. The van der Waals surface area contributed by atoms with Gasteiger partial charge in [0.1, 0.15) is 5.69 Å². The summed E-state index contributed by atoms with van der Waals surface area (Å²) in [6, 6.07) is 0.774. The highest BCUT2D eigenvalue weighted by Gasteiger charge is 2.34. The number of nitrogens with zero attached hydrogens (tertiary/aromatic N) is 2. The number of aromatic nitrogens is 1. The predicted octanol–water partition coefficient (Wildman–Crippen LogP) is 2.25. The second-order valence-corrected chi connectivity index (χ2v) is 5.75. The number of aryl methyl sites for hydroxylation is 1. The lowest BCUT2D eigenvalue weighted by Crippen LogP contribution is -2.45. The number of nitrogens with one attached hydrogen (secondary N) is 2. The fraction of sp³-hybridized carbons (Fsp3) is 0.600. The van der Waals surface area contributed by atoms with Gasteiger partial charge in [0.2, 0.25) is 0 Å². The van der Waals surface area contributed by atoms with Crippen LogP contribution in [0.3, 0.4) is 0 Å². The number of hydrogen-bond donors (Lipinski definition) is 2. The summed E-state index contributed by atoms with van der Waals surface area (Å²) in [5.74, 6) is 0. The molecule has 0 spiro atoms. The van der Waals surface area contributed by atoms with Crippen LogP contribution in [0.25, 0.3) is 0 Å². The first-order chi connectivity index (χ1) is 11.3. The van der Waals surface area contributed by atoms with Gasteiger partial charge in [-0.2, -0.15) is 13.2 Å². The predicted molar refractivity (Wildman–Crippen MR) is 82.9 cm³/mol. The molecule has 1 saturated heterocycles. The molecular formula is C15H21F3N4O2. The van der Waals surface area contributed by atoms with Gasteiger partial charge in [-0.25, -0.2) is 9.78 Å². The fourth-order valence-corrected chi connectivity index (χ4v) is 2.54. The third kappa shape index (κ3) is 5.34. The first-order valence-corrected chi connectivity index (χ1v) is 7.68. The number of carbonyl (C=O) groups is 1. The summed E-state index contributed by atoms with van der Waals surface area (Å²) in [6.07, 6.45) is -3.33. The Labute approximate surface area is 138 Å². The maximum Gasteiger partial charge on any atom is 0.433 e. The van der Waals surface area contributed by atoms with E-state index in [1.165, 1.54) is 13.0 Å². The smallest absolute Gasteiger partial charge is 0.376 e. The Balaban J connectivity index is 1.79. The van der Waals surface area contributed by atoms with Crippen molar-refractivity contribution < 1.29 is 22.7 Å². The summed E-state index contributed by atoms with van der Waals surface area (Å²) in [4.78, 5) is 17.3. The number of pyridine rings is 1. The Kier molecular flexibility index (Phi) is 6.00. The minimum absolute atomic E-state index is 0.0393. The lowest BCUT2D eigenvalue weighted by Gasteiger charge is -2.30. The molecule has 1 fully saturated rings. The molecule has 2 rings (SSSR count). The highest BCUT2D eigenvalue weighted by molar-refractivity contribution is 5.89. The van der Waals surface area contributed by atoms with Crippen LogP contribution in [-0.4, -0.2) is 54.8 Å². The van der Waals surface area contributed by atoms with E-state index in [1.807, 2.05) is 6.92 Å². The highest BCUT2D eigenvalue weighted by atomic mass is 19.4. The van der Waals surface area contributed by atoms with Crippen molar-refractivity contribution in [2.75, 3.05) is 38.1 Å². The summed E-state index contributed by atoms with van der Waals surface area (Å²) < 4.78 is 43.3. The monoisotopic (exact) mass is 346 g/mol. The molecule has 2 N–H and O–H groups in total. The molecule has 0 saturated carbocycles.